The molecule has 0 saturated carbocycles. The van der Waals surface area contributed by atoms with Gasteiger partial charge in [-0.1, -0.05) is 53.8 Å². The molecule has 0 aliphatic heterocycles. The zero-order valence-electron chi connectivity index (χ0n) is 13.3. The maximum absolute atomic E-state index is 11.5. The van der Waals surface area contributed by atoms with Gasteiger partial charge >= 0.3 is 5.97 Å². The number of hydrogen-bond donors (Lipinski definition) is 1. The van der Waals surface area contributed by atoms with Crippen LogP contribution in [0.5, 0.6) is 0 Å². The maximum atomic E-state index is 11.5. The van der Waals surface area contributed by atoms with Crippen LogP contribution in [0.25, 0.3) is 26.7 Å². The third kappa shape index (κ3) is 2.78. The lowest BCUT2D eigenvalue weighted by molar-refractivity contribution is -0.138. The highest BCUT2D eigenvalue weighted by molar-refractivity contribution is 7.20. The largest absolute Gasteiger partial charge is 0.481 e. The van der Waals surface area contributed by atoms with Crippen LogP contribution in [0.1, 0.15) is 18.7 Å². The molecule has 6 nitrogen and oxygen atoms in total. The molecule has 7 heteroatoms. The molecule has 25 heavy (non-hydrogen) atoms. The van der Waals surface area contributed by atoms with Gasteiger partial charge in [0.25, 0.3) is 0 Å². The van der Waals surface area contributed by atoms with Crippen molar-refractivity contribution in [2.75, 3.05) is 0 Å². The minimum Gasteiger partial charge on any atom is -0.481 e. The van der Waals surface area contributed by atoms with Gasteiger partial charge in [-0.3, -0.25) is 4.79 Å². The second-order valence-electron chi connectivity index (χ2n) is 5.60. The van der Waals surface area contributed by atoms with Crippen LogP contribution in [0.4, 0.5) is 0 Å². The molecule has 0 aliphatic rings. The Balaban J connectivity index is 1.90. The first-order chi connectivity index (χ1) is 12.1. The standard InChI is InChI=1S/C18H14N4O2S/c1-11(17(23)24)16-20-15(12-7-3-2-4-8-12)21-22(16)18-19-13-9-5-6-10-14(13)25-18/h2-11H,1H3,(H,23,24). The molecule has 1 unspecified atom stereocenters. The van der Waals surface area contributed by atoms with Crippen LogP contribution in [0.3, 0.4) is 0 Å². The van der Waals surface area contributed by atoms with Gasteiger partial charge in [0.2, 0.25) is 5.13 Å². The molecule has 0 aliphatic carbocycles. The van der Waals surface area contributed by atoms with Gasteiger partial charge in [-0.15, -0.1) is 5.10 Å². The summed E-state index contributed by atoms with van der Waals surface area (Å²) in [6.45, 7) is 1.60. The van der Waals surface area contributed by atoms with Crippen molar-refractivity contribution in [3.8, 4) is 16.5 Å². The van der Waals surface area contributed by atoms with Gasteiger partial charge in [0.15, 0.2) is 5.82 Å². The Morgan fingerprint density at radius 2 is 1.80 bits per heavy atom. The van der Waals surface area contributed by atoms with E-state index in [9.17, 15) is 9.90 Å². The Bertz CT molecular complexity index is 1020. The molecule has 4 aromatic rings. The van der Waals surface area contributed by atoms with Gasteiger partial charge in [0.05, 0.1) is 10.2 Å². The van der Waals surface area contributed by atoms with E-state index < -0.39 is 11.9 Å². The van der Waals surface area contributed by atoms with Crippen molar-refractivity contribution in [3.05, 3.63) is 60.4 Å². The number of aromatic nitrogens is 4. The number of rotatable bonds is 4. The van der Waals surface area contributed by atoms with E-state index in [4.69, 9.17) is 0 Å². The van der Waals surface area contributed by atoms with Gasteiger partial charge in [-0.05, 0) is 19.1 Å². The fourth-order valence-corrected chi connectivity index (χ4v) is 3.44. The Morgan fingerprint density at radius 1 is 1.08 bits per heavy atom. The molecule has 1 atom stereocenters. The molecule has 4 rings (SSSR count). The van der Waals surface area contributed by atoms with Gasteiger partial charge in [-0.25, -0.2) is 9.97 Å². The summed E-state index contributed by atoms with van der Waals surface area (Å²) in [6, 6.07) is 17.3. The van der Waals surface area contributed by atoms with Crippen molar-refractivity contribution >= 4 is 27.5 Å². The van der Waals surface area contributed by atoms with Crippen LogP contribution in [-0.2, 0) is 4.79 Å². The quantitative estimate of drug-likeness (QED) is 0.606. The lowest BCUT2D eigenvalue weighted by atomic mass is 10.1. The molecule has 1 N–H and O–H groups in total. The molecule has 0 bridgehead atoms. The third-order valence-corrected chi connectivity index (χ3v) is 4.90. The lowest BCUT2D eigenvalue weighted by Crippen LogP contribution is -2.14. The molecular formula is C18H14N4O2S. The van der Waals surface area contributed by atoms with E-state index in [0.717, 1.165) is 15.8 Å². The fourth-order valence-electron chi connectivity index (χ4n) is 2.52. The van der Waals surface area contributed by atoms with Gasteiger partial charge in [0.1, 0.15) is 11.7 Å². The second kappa shape index (κ2) is 6.10. The summed E-state index contributed by atoms with van der Waals surface area (Å²) in [7, 11) is 0. The summed E-state index contributed by atoms with van der Waals surface area (Å²) in [5, 5.41) is 14.6. The number of para-hydroxylation sites is 1. The minimum absolute atomic E-state index is 0.366. The first-order valence-corrected chi connectivity index (χ1v) is 8.56. The first-order valence-electron chi connectivity index (χ1n) is 7.74. The van der Waals surface area contributed by atoms with Gasteiger partial charge in [-0.2, -0.15) is 4.68 Å². The number of fused-ring (bicyclic) bond motifs is 1. The summed E-state index contributed by atoms with van der Waals surface area (Å²) in [5.41, 5.74) is 1.69. The smallest absolute Gasteiger partial charge is 0.313 e. The SMILES string of the molecule is CC(C(=O)O)c1nc(-c2ccccc2)nn1-c1nc2ccccc2s1. The summed E-state index contributed by atoms with van der Waals surface area (Å²) in [4.78, 5) is 20.6. The van der Waals surface area contributed by atoms with E-state index in [1.807, 2.05) is 54.6 Å². The Hall–Kier alpha value is -3.06. The topological polar surface area (TPSA) is 80.9 Å². The highest BCUT2D eigenvalue weighted by Crippen LogP contribution is 2.28. The van der Waals surface area contributed by atoms with E-state index >= 15 is 0 Å². The molecule has 2 heterocycles. The second-order valence-corrected chi connectivity index (χ2v) is 6.60. The van der Waals surface area contributed by atoms with E-state index in [-0.39, 0.29) is 0 Å². The van der Waals surface area contributed by atoms with E-state index in [1.165, 1.54) is 11.3 Å². The Labute approximate surface area is 147 Å². The summed E-state index contributed by atoms with van der Waals surface area (Å²) in [5.74, 6) is -0.889. The molecule has 124 valence electrons. The van der Waals surface area contributed by atoms with Crippen LogP contribution in [0.15, 0.2) is 54.6 Å². The summed E-state index contributed by atoms with van der Waals surface area (Å²) in [6.07, 6.45) is 0. The predicted octanol–water partition coefficient (Wildman–Crippen LogP) is 3.73. The van der Waals surface area contributed by atoms with Crippen LogP contribution < -0.4 is 0 Å². The predicted molar refractivity (Wildman–Crippen MR) is 96.0 cm³/mol. The molecule has 2 aromatic heterocycles. The number of hydrogen-bond acceptors (Lipinski definition) is 5. The van der Waals surface area contributed by atoms with Crippen molar-refractivity contribution < 1.29 is 9.90 Å². The van der Waals surface area contributed by atoms with Crippen LogP contribution in [0.2, 0.25) is 0 Å². The van der Waals surface area contributed by atoms with Gasteiger partial charge < -0.3 is 5.11 Å². The number of carboxylic acids is 1. The molecule has 2 aromatic carbocycles. The highest BCUT2D eigenvalue weighted by atomic mass is 32.1. The number of carbonyl (C=O) groups is 1. The van der Waals surface area contributed by atoms with E-state index in [2.05, 4.69) is 15.1 Å². The normalized spacial score (nSPS) is 12.4. The zero-order valence-corrected chi connectivity index (χ0v) is 14.1. The Morgan fingerprint density at radius 3 is 2.52 bits per heavy atom. The third-order valence-electron chi connectivity index (χ3n) is 3.89. The van der Waals surface area contributed by atoms with Crippen molar-refractivity contribution in [3.63, 3.8) is 0 Å². The van der Waals surface area contributed by atoms with Crippen LogP contribution in [-0.4, -0.2) is 30.8 Å². The average Bonchev–Trinajstić information content (AvgIpc) is 3.25. The maximum Gasteiger partial charge on any atom is 0.313 e. The number of carboxylic acid groups (broad SMARTS) is 1. The average molecular weight is 350 g/mol. The van der Waals surface area contributed by atoms with Crippen molar-refractivity contribution in [1.29, 1.82) is 0 Å². The molecule has 0 fully saturated rings. The monoisotopic (exact) mass is 350 g/mol. The van der Waals surface area contributed by atoms with Crippen molar-refractivity contribution in [1.82, 2.24) is 19.7 Å². The lowest BCUT2D eigenvalue weighted by Gasteiger charge is -2.05. The first kappa shape index (κ1) is 15.5. The van der Waals surface area contributed by atoms with E-state index in [1.54, 1.807) is 11.6 Å². The van der Waals surface area contributed by atoms with Crippen molar-refractivity contribution in [2.45, 2.75) is 12.8 Å². The van der Waals surface area contributed by atoms with Crippen LogP contribution in [0, 0.1) is 0 Å². The summed E-state index contributed by atoms with van der Waals surface area (Å²) < 4.78 is 2.56. The highest BCUT2D eigenvalue weighted by Gasteiger charge is 2.25. The number of thiazole rings is 1. The molecular weight excluding hydrogens is 336 g/mol. The minimum atomic E-state index is -0.950. The molecule has 0 saturated heterocycles. The molecule has 0 spiro atoms. The number of benzene rings is 2. The Kier molecular flexibility index (Phi) is 3.77. The number of aliphatic carboxylic acids is 1. The van der Waals surface area contributed by atoms with E-state index in [0.29, 0.717) is 16.8 Å². The van der Waals surface area contributed by atoms with Crippen LogP contribution >= 0.6 is 11.3 Å². The van der Waals surface area contributed by atoms with Gasteiger partial charge in [0, 0.05) is 5.56 Å². The molecule has 0 amide bonds. The summed E-state index contributed by atoms with van der Waals surface area (Å²) >= 11 is 1.46. The molecule has 0 radical (unpaired) electrons. The van der Waals surface area contributed by atoms with Crippen molar-refractivity contribution in [2.24, 2.45) is 0 Å². The fraction of sp³-hybridized carbons (Fsp3) is 0.111. The number of nitrogens with zero attached hydrogens (tertiary/aromatic N) is 4. The zero-order chi connectivity index (χ0) is 17.4.